The predicted molar refractivity (Wildman–Crippen MR) is 84.4 cm³/mol. The molecule has 5 heteroatoms. The lowest BCUT2D eigenvalue weighted by Gasteiger charge is -2.17. The number of hydrogen-bond acceptors (Lipinski definition) is 4. The summed E-state index contributed by atoms with van der Waals surface area (Å²) < 4.78 is 16.6. The van der Waals surface area contributed by atoms with E-state index < -0.39 is 0 Å². The molecule has 1 aromatic rings. The van der Waals surface area contributed by atoms with Crippen molar-refractivity contribution in [3.8, 4) is 11.5 Å². The predicted octanol–water partition coefficient (Wildman–Crippen LogP) is 3.25. The van der Waals surface area contributed by atoms with Crippen molar-refractivity contribution in [1.29, 1.82) is 0 Å². The van der Waals surface area contributed by atoms with Crippen LogP contribution in [0.5, 0.6) is 11.5 Å². The number of para-hydroxylation sites is 2. The second-order valence-corrected chi connectivity index (χ2v) is 5.44. The lowest BCUT2D eigenvalue weighted by Crippen LogP contribution is -2.32. The number of ether oxygens (including phenoxy) is 3. The fraction of sp³-hybridized carbons (Fsp3) is 0.471. The van der Waals surface area contributed by atoms with Crippen LogP contribution in [0.15, 0.2) is 36.9 Å². The van der Waals surface area contributed by atoms with Gasteiger partial charge in [0.05, 0.1) is 13.2 Å². The van der Waals surface area contributed by atoms with Gasteiger partial charge in [0.25, 0.3) is 0 Å². The second kappa shape index (κ2) is 7.73. The summed E-state index contributed by atoms with van der Waals surface area (Å²) in [4.78, 5) is 13.4. The van der Waals surface area contributed by atoms with Gasteiger partial charge < -0.3 is 19.1 Å². The fourth-order valence-electron chi connectivity index (χ4n) is 2.25. The molecule has 1 fully saturated rings. The van der Waals surface area contributed by atoms with Crippen LogP contribution < -0.4 is 9.47 Å². The molecule has 1 aromatic carbocycles. The van der Waals surface area contributed by atoms with Crippen LogP contribution in [0.3, 0.4) is 0 Å². The van der Waals surface area contributed by atoms with Crippen LogP contribution in [0.2, 0.25) is 0 Å². The van der Waals surface area contributed by atoms with Gasteiger partial charge in [-0.3, -0.25) is 0 Å². The average molecular weight is 305 g/mol. The molecule has 1 saturated heterocycles. The highest BCUT2D eigenvalue weighted by Gasteiger charge is 2.32. The van der Waals surface area contributed by atoms with Crippen molar-refractivity contribution in [2.24, 2.45) is 0 Å². The first-order valence-corrected chi connectivity index (χ1v) is 7.54. The summed E-state index contributed by atoms with van der Waals surface area (Å²) in [5.41, 5.74) is 0. The zero-order valence-corrected chi connectivity index (χ0v) is 13.2. The van der Waals surface area contributed by atoms with E-state index in [0.29, 0.717) is 37.7 Å². The molecule has 0 spiro atoms. The minimum atomic E-state index is -0.241. The number of benzene rings is 1. The van der Waals surface area contributed by atoms with Gasteiger partial charge in [-0.05, 0) is 26.0 Å². The third kappa shape index (κ3) is 4.16. The molecule has 2 rings (SSSR count). The Morgan fingerprint density at radius 1 is 1.36 bits per heavy atom. The molecular weight excluding hydrogens is 282 g/mol. The van der Waals surface area contributed by atoms with Crippen LogP contribution >= 0.6 is 0 Å². The fourth-order valence-corrected chi connectivity index (χ4v) is 2.25. The zero-order valence-electron chi connectivity index (χ0n) is 13.2. The van der Waals surface area contributed by atoms with Crippen molar-refractivity contribution in [2.75, 3.05) is 19.8 Å². The molecule has 0 aromatic heterocycles. The van der Waals surface area contributed by atoms with Crippen molar-refractivity contribution in [3.05, 3.63) is 36.9 Å². The van der Waals surface area contributed by atoms with Crippen LogP contribution in [0, 0.1) is 0 Å². The topological polar surface area (TPSA) is 48.0 Å². The van der Waals surface area contributed by atoms with Crippen molar-refractivity contribution in [3.63, 3.8) is 0 Å². The van der Waals surface area contributed by atoms with Gasteiger partial charge in [0, 0.05) is 12.5 Å². The molecule has 22 heavy (non-hydrogen) atoms. The molecule has 0 aliphatic carbocycles. The van der Waals surface area contributed by atoms with Gasteiger partial charge in [0.1, 0.15) is 12.7 Å². The summed E-state index contributed by atoms with van der Waals surface area (Å²) in [7, 11) is 0. The van der Waals surface area contributed by atoms with Crippen molar-refractivity contribution < 1.29 is 19.0 Å². The number of cyclic esters (lactones) is 1. The number of carbonyl (C=O) groups excluding carboxylic acids is 1. The van der Waals surface area contributed by atoms with Gasteiger partial charge in [-0.15, -0.1) is 0 Å². The van der Waals surface area contributed by atoms with Gasteiger partial charge >= 0.3 is 6.09 Å². The molecule has 5 nitrogen and oxygen atoms in total. The maximum Gasteiger partial charge on any atom is 0.410 e. The SMILES string of the molecule is C=CCOc1ccccc1OCCC1CN(C(C)C)C(=O)O1. The Balaban J connectivity index is 1.82. The maximum atomic E-state index is 11.7. The number of carbonyl (C=O) groups is 1. The largest absolute Gasteiger partial charge is 0.490 e. The molecule has 1 aliphatic rings. The summed E-state index contributed by atoms with van der Waals surface area (Å²) in [5.74, 6) is 1.38. The van der Waals surface area contributed by atoms with E-state index in [0.717, 1.165) is 0 Å². The molecule has 0 saturated carbocycles. The number of nitrogens with zero attached hydrogens (tertiary/aromatic N) is 1. The summed E-state index contributed by atoms with van der Waals surface area (Å²) in [5, 5.41) is 0. The Morgan fingerprint density at radius 3 is 2.64 bits per heavy atom. The summed E-state index contributed by atoms with van der Waals surface area (Å²) >= 11 is 0. The third-order valence-electron chi connectivity index (χ3n) is 3.43. The van der Waals surface area contributed by atoms with Crippen LogP contribution in [-0.4, -0.2) is 42.9 Å². The van der Waals surface area contributed by atoms with Crippen molar-refractivity contribution in [1.82, 2.24) is 4.90 Å². The first-order chi connectivity index (χ1) is 10.6. The Hall–Kier alpha value is -2.17. The Kier molecular flexibility index (Phi) is 5.69. The highest BCUT2D eigenvalue weighted by atomic mass is 16.6. The summed E-state index contributed by atoms with van der Waals surface area (Å²) in [6.45, 7) is 9.11. The van der Waals surface area contributed by atoms with Gasteiger partial charge in [0.15, 0.2) is 11.5 Å². The van der Waals surface area contributed by atoms with Crippen LogP contribution in [0.1, 0.15) is 20.3 Å². The van der Waals surface area contributed by atoms with E-state index in [2.05, 4.69) is 6.58 Å². The molecule has 0 bridgehead atoms. The van der Waals surface area contributed by atoms with Crippen LogP contribution in [-0.2, 0) is 4.74 Å². The molecule has 0 N–H and O–H groups in total. The minimum absolute atomic E-state index is 0.115. The van der Waals surface area contributed by atoms with E-state index in [1.807, 2.05) is 38.1 Å². The molecule has 1 heterocycles. The lowest BCUT2D eigenvalue weighted by atomic mass is 10.2. The Morgan fingerprint density at radius 2 is 2.05 bits per heavy atom. The highest BCUT2D eigenvalue weighted by Crippen LogP contribution is 2.27. The van der Waals surface area contributed by atoms with Gasteiger partial charge in [-0.1, -0.05) is 24.8 Å². The van der Waals surface area contributed by atoms with E-state index in [4.69, 9.17) is 14.2 Å². The van der Waals surface area contributed by atoms with E-state index in [-0.39, 0.29) is 18.2 Å². The average Bonchev–Trinajstić information content (AvgIpc) is 2.87. The Bertz CT molecular complexity index is 515. The normalized spacial score (nSPS) is 17.5. The molecule has 0 radical (unpaired) electrons. The molecule has 120 valence electrons. The second-order valence-electron chi connectivity index (χ2n) is 5.44. The minimum Gasteiger partial charge on any atom is -0.490 e. The molecule has 1 amide bonds. The van der Waals surface area contributed by atoms with E-state index >= 15 is 0 Å². The summed E-state index contributed by atoms with van der Waals surface area (Å²) in [6, 6.07) is 7.66. The van der Waals surface area contributed by atoms with Gasteiger partial charge in [0.2, 0.25) is 0 Å². The number of hydrogen-bond donors (Lipinski definition) is 0. The highest BCUT2D eigenvalue weighted by molar-refractivity contribution is 5.70. The lowest BCUT2D eigenvalue weighted by molar-refractivity contribution is 0.118. The number of rotatable bonds is 8. The van der Waals surface area contributed by atoms with E-state index in [9.17, 15) is 4.79 Å². The first-order valence-electron chi connectivity index (χ1n) is 7.54. The van der Waals surface area contributed by atoms with Gasteiger partial charge in [-0.25, -0.2) is 4.79 Å². The monoisotopic (exact) mass is 305 g/mol. The maximum absolute atomic E-state index is 11.7. The third-order valence-corrected chi connectivity index (χ3v) is 3.43. The van der Waals surface area contributed by atoms with Crippen molar-refractivity contribution >= 4 is 6.09 Å². The van der Waals surface area contributed by atoms with E-state index in [1.54, 1.807) is 11.0 Å². The van der Waals surface area contributed by atoms with Crippen LogP contribution in [0.25, 0.3) is 0 Å². The molecule has 1 aliphatic heterocycles. The first kappa shape index (κ1) is 16.2. The van der Waals surface area contributed by atoms with Crippen LogP contribution in [0.4, 0.5) is 4.79 Å². The van der Waals surface area contributed by atoms with E-state index in [1.165, 1.54) is 0 Å². The quantitative estimate of drug-likeness (QED) is 0.692. The summed E-state index contributed by atoms with van der Waals surface area (Å²) in [6.07, 6.45) is 1.99. The standard InChI is InChI=1S/C17H23NO4/c1-4-10-20-15-7-5-6-8-16(15)21-11-9-14-12-18(13(2)3)17(19)22-14/h4-8,13-14H,1,9-12H2,2-3H3. The Labute approximate surface area is 131 Å². The van der Waals surface area contributed by atoms with Crippen molar-refractivity contribution in [2.45, 2.75) is 32.4 Å². The molecule has 1 unspecified atom stereocenters. The molecule has 1 atom stereocenters. The zero-order chi connectivity index (χ0) is 15.9. The van der Waals surface area contributed by atoms with Gasteiger partial charge in [-0.2, -0.15) is 0 Å². The smallest absolute Gasteiger partial charge is 0.410 e. The molecular formula is C17H23NO4. The number of amides is 1.